The third-order valence-electron chi connectivity index (χ3n) is 3.59. The van der Waals surface area contributed by atoms with E-state index < -0.39 is 0 Å². The molecule has 0 saturated heterocycles. The van der Waals surface area contributed by atoms with E-state index in [1.54, 1.807) is 0 Å². The van der Waals surface area contributed by atoms with E-state index >= 15 is 0 Å². The molecule has 1 heteroatoms. The average Bonchev–Trinajstić information content (AvgIpc) is 2.47. The van der Waals surface area contributed by atoms with E-state index in [0.29, 0.717) is 5.54 Å². The van der Waals surface area contributed by atoms with Crippen molar-refractivity contribution in [2.24, 2.45) is 0 Å². The summed E-state index contributed by atoms with van der Waals surface area (Å²) in [6.45, 7) is 0. The van der Waals surface area contributed by atoms with Gasteiger partial charge in [-0.15, -0.1) is 0 Å². The Morgan fingerprint density at radius 3 is 2.17 bits per heavy atom. The molecule has 0 unspecified atom stereocenters. The third kappa shape index (κ3) is 1.98. The van der Waals surface area contributed by atoms with Crippen molar-refractivity contribution in [3.05, 3.63) is 83.9 Å². The minimum atomic E-state index is 0.567. The highest BCUT2D eigenvalue weighted by Gasteiger charge is 2.10. The first kappa shape index (κ1) is 11.2. The quantitative estimate of drug-likeness (QED) is 0.611. The molecular weight excluding hydrogens is 232 g/mol. The topological polar surface area (TPSA) is 0 Å². The molecule has 3 aromatic carbocycles. The monoisotopic (exact) mass is 248 g/mol. The Morgan fingerprint density at radius 2 is 1.33 bits per heavy atom. The minimum Gasteiger partial charge on any atom is -0.0622 e. The number of hydrogen-bond donors (Lipinski definition) is 0. The summed E-state index contributed by atoms with van der Waals surface area (Å²) in [6.07, 6.45) is 0. The van der Waals surface area contributed by atoms with E-state index in [0.717, 1.165) is 10.2 Å². The van der Waals surface area contributed by atoms with Crippen LogP contribution in [0, 0.1) is 0 Å². The summed E-state index contributed by atoms with van der Waals surface area (Å²) in [5.74, 6) is 0. The van der Waals surface area contributed by atoms with Crippen molar-refractivity contribution in [3.8, 4) is 0 Å². The Kier molecular flexibility index (Phi) is 2.99. The zero-order valence-electron chi connectivity index (χ0n) is 10.5. The molecule has 0 aliphatic heterocycles. The first-order valence-electron chi connectivity index (χ1n) is 6.39. The van der Waals surface area contributed by atoms with E-state index in [9.17, 15) is 0 Å². The standard InChI is InChI=1S/C17H16Si/c18-17(14-8-2-1-3-9-14)16-12-6-10-13-7-4-5-11-15(13)16/h1-12,17H,18H3/t17-/m1/s1. The van der Waals surface area contributed by atoms with Gasteiger partial charge in [-0.3, -0.25) is 0 Å². The molecule has 0 aromatic heterocycles. The number of fused-ring (bicyclic) bond motifs is 1. The Hall–Kier alpha value is -1.86. The molecule has 0 bridgehead atoms. The van der Waals surface area contributed by atoms with Crippen LogP contribution in [0.2, 0.25) is 0 Å². The van der Waals surface area contributed by atoms with Crippen LogP contribution in [0.5, 0.6) is 0 Å². The largest absolute Gasteiger partial charge is 0.0622 e. The van der Waals surface area contributed by atoms with Gasteiger partial charge in [0.25, 0.3) is 0 Å². The van der Waals surface area contributed by atoms with Crippen LogP contribution in [0.15, 0.2) is 72.8 Å². The molecule has 3 rings (SSSR count). The molecule has 0 aliphatic carbocycles. The maximum Gasteiger partial charge on any atom is 0.0179 e. The maximum atomic E-state index is 2.27. The van der Waals surface area contributed by atoms with Crippen molar-refractivity contribution in [1.82, 2.24) is 0 Å². The first-order valence-corrected chi connectivity index (χ1v) is 7.54. The molecule has 0 spiro atoms. The van der Waals surface area contributed by atoms with Crippen molar-refractivity contribution in [3.63, 3.8) is 0 Å². The van der Waals surface area contributed by atoms with Crippen LogP contribution in [-0.4, -0.2) is 10.2 Å². The van der Waals surface area contributed by atoms with E-state index in [-0.39, 0.29) is 0 Å². The molecule has 3 aromatic rings. The minimum absolute atomic E-state index is 0.567. The van der Waals surface area contributed by atoms with Gasteiger partial charge in [0.15, 0.2) is 0 Å². The van der Waals surface area contributed by atoms with E-state index in [1.807, 2.05) is 0 Å². The second kappa shape index (κ2) is 4.79. The Morgan fingerprint density at radius 1 is 0.667 bits per heavy atom. The summed E-state index contributed by atoms with van der Waals surface area (Å²) in [4.78, 5) is 0. The molecule has 1 atom stereocenters. The van der Waals surface area contributed by atoms with E-state index in [1.165, 1.54) is 21.9 Å². The fraction of sp³-hybridized carbons (Fsp3) is 0.0588. The van der Waals surface area contributed by atoms with Gasteiger partial charge in [-0.25, -0.2) is 0 Å². The highest BCUT2D eigenvalue weighted by atomic mass is 28.1. The van der Waals surface area contributed by atoms with Crippen LogP contribution in [0.3, 0.4) is 0 Å². The predicted octanol–water partition coefficient (Wildman–Crippen LogP) is 3.29. The summed E-state index contributed by atoms with van der Waals surface area (Å²) in [6, 6.07) is 26.1. The molecule has 0 radical (unpaired) electrons. The second-order valence-corrected chi connectivity index (χ2v) is 5.86. The zero-order valence-corrected chi connectivity index (χ0v) is 12.5. The summed E-state index contributed by atoms with van der Waals surface area (Å²) in [5.41, 5.74) is 3.46. The van der Waals surface area contributed by atoms with Crippen molar-refractivity contribution >= 4 is 21.0 Å². The van der Waals surface area contributed by atoms with Crippen molar-refractivity contribution in [2.45, 2.75) is 5.54 Å². The van der Waals surface area contributed by atoms with Crippen LogP contribution in [0.1, 0.15) is 16.7 Å². The van der Waals surface area contributed by atoms with Crippen molar-refractivity contribution < 1.29 is 0 Å². The first-order chi connectivity index (χ1) is 8.86. The summed E-state index contributed by atoms with van der Waals surface area (Å²) in [7, 11) is 1.13. The third-order valence-corrected chi connectivity index (χ3v) is 4.88. The Labute approximate surface area is 111 Å². The zero-order chi connectivity index (χ0) is 12.4. The van der Waals surface area contributed by atoms with Crippen LogP contribution in [-0.2, 0) is 0 Å². The van der Waals surface area contributed by atoms with Gasteiger partial charge in [0.05, 0.1) is 0 Å². The van der Waals surface area contributed by atoms with Gasteiger partial charge in [0.2, 0.25) is 0 Å². The maximum absolute atomic E-state index is 2.27. The van der Waals surface area contributed by atoms with Crippen molar-refractivity contribution in [2.75, 3.05) is 0 Å². The number of rotatable bonds is 2. The van der Waals surface area contributed by atoms with Crippen LogP contribution in [0.25, 0.3) is 10.8 Å². The van der Waals surface area contributed by atoms with Crippen LogP contribution < -0.4 is 0 Å². The smallest absolute Gasteiger partial charge is 0.0179 e. The molecule has 18 heavy (non-hydrogen) atoms. The Bertz CT molecular complexity index is 653. The van der Waals surface area contributed by atoms with Gasteiger partial charge < -0.3 is 0 Å². The predicted molar refractivity (Wildman–Crippen MR) is 82.2 cm³/mol. The van der Waals surface area contributed by atoms with Crippen LogP contribution in [0.4, 0.5) is 0 Å². The fourth-order valence-corrected chi connectivity index (χ4v) is 3.44. The second-order valence-electron chi connectivity index (χ2n) is 4.70. The van der Waals surface area contributed by atoms with E-state index in [2.05, 4.69) is 72.8 Å². The van der Waals surface area contributed by atoms with Gasteiger partial charge in [-0.2, -0.15) is 0 Å². The highest BCUT2D eigenvalue weighted by molar-refractivity contribution is 6.16. The molecule has 0 amide bonds. The molecule has 0 fully saturated rings. The lowest BCUT2D eigenvalue weighted by molar-refractivity contribution is 1.16. The SMILES string of the molecule is [SiH3][C@H](c1ccccc1)c1cccc2ccccc12. The molecular formula is C17H16Si. The van der Waals surface area contributed by atoms with Crippen molar-refractivity contribution in [1.29, 1.82) is 0 Å². The Balaban J connectivity index is 2.15. The van der Waals surface area contributed by atoms with Gasteiger partial charge in [0, 0.05) is 10.2 Å². The lowest BCUT2D eigenvalue weighted by Crippen LogP contribution is -2.00. The molecule has 0 heterocycles. The fourth-order valence-electron chi connectivity index (χ4n) is 2.55. The van der Waals surface area contributed by atoms with Gasteiger partial charge in [-0.1, -0.05) is 72.8 Å². The number of hydrogen-bond acceptors (Lipinski definition) is 0. The normalized spacial score (nSPS) is 12.7. The lowest BCUT2D eigenvalue weighted by Gasteiger charge is -2.15. The molecule has 0 N–H and O–H groups in total. The molecule has 0 saturated carbocycles. The highest BCUT2D eigenvalue weighted by Crippen LogP contribution is 2.28. The average molecular weight is 248 g/mol. The van der Waals surface area contributed by atoms with Gasteiger partial charge >= 0.3 is 0 Å². The van der Waals surface area contributed by atoms with E-state index in [4.69, 9.17) is 0 Å². The summed E-state index contributed by atoms with van der Waals surface area (Å²) >= 11 is 0. The molecule has 0 nitrogen and oxygen atoms in total. The number of benzene rings is 3. The summed E-state index contributed by atoms with van der Waals surface area (Å²) < 4.78 is 0. The molecule has 0 aliphatic rings. The van der Waals surface area contributed by atoms with Gasteiger partial charge in [-0.05, 0) is 27.4 Å². The summed E-state index contributed by atoms with van der Waals surface area (Å²) in [5, 5.41) is 2.73. The lowest BCUT2D eigenvalue weighted by atomic mass is 9.98. The molecule has 88 valence electrons. The van der Waals surface area contributed by atoms with Gasteiger partial charge in [0.1, 0.15) is 0 Å². The van der Waals surface area contributed by atoms with Crippen LogP contribution >= 0.6 is 0 Å².